The first-order chi connectivity index (χ1) is 9.31. The lowest BCUT2D eigenvalue weighted by atomic mass is 10.0. The molecule has 1 atom stereocenters. The van der Waals surface area contributed by atoms with Crippen molar-refractivity contribution in [2.75, 3.05) is 26.3 Å². The van der Waals surface area contributed by atoms with Crippen molar-refractivity contribution in [3.63, 3.8) is 0 Å². The normalized spacial score (nSPS) is 18.1. The Labute approximate surface area is 126 Å². The second-order valence-corrected chi connectivity index (χ2v) is 4.95. The Morgan fingerprint density at radius 2 is 2.10 bits per heavy atom. The van der Waals surface area contributed by atoms with Crippen LogP contribution >= 0.6 is 12.4 Å². The minimum absolute atomic E-state index is 0. The summed E-state index contributed by atoms with van der Waals surface area (Å²) in [4.78, 5) is 14.3. The maximum absolute atomic E-state index is 12.5. The van der Waals surface area contributed by atoms with Gasteiger partial charge in [-0.3, -0.25) is 4.79 Å². The van der Waals surface area contributed by atoms with Gasteiger partial charge in [0.05, 0.1) is 12.5 Å². The van der Waals surface area contributed by atoms with E-state index in [0.717, 1.165) is 25.0 Å². The molecule has 0 bridgehead atoms. The summed E-state index contributed by atoms with van der Waals surface area (Å²) in [5.41, 5.74) is 6.77. The van der Waals surface area contributed by atoms with Gasteiger partial charge >= 0.3 is 0 Å². The molecule has 4 nitrogen and oxygen atoms in total. The van der Waals surface area contributed by atoms with Gasteiger partial charge in [-0.15, -0.1) is 12.4 Å². The summed E-state index contributed by atoms with van der Waals surface area (Å²) in [6.45, 7) is 3.05. The first kappa shape index (κ1) is 17.0. The van der Waals surface area contributed by atoms with Crippen LogP contribution in [-0.2, 0) is 16.1 Å². The molecule has 1 fully saturated rings. The fourth-order valence-electron chi connectivity index (χ4n) is 2.42. The van der Waals surface area contributed by atoms with Gasteiger partial charge in [0.25, 0.3) is 0 Å². The zero-order valence-corrected chi connectivity index (χ0v) is 12.5. The third kappa shape index (κ3) is 4.78. The SMILES string of the molecule is Cl.NCCN(Cc1ccccc1)C(=O)C1CCCOC1. The number of amides is 1. The van der Waals surface area contributed by atoms with Gasteiger partial charge in [0.1, 0.15) is 0 Å². The molecule has 0 aromatic heterocycles. The molecule has 2 rings (SSSR count). The van der Waals surface area contributed by atoms with E-state index in [0.29, 0.717) is 26.2 Å². The highest BCUT2D eigenvalue weighted by molar-refractivity contribution is 5.85. The van der Waals surface area contributed by atoms with Gasteiger partial charge in [-0.25, -0.2) is 0 Å². The van der Waals surface area contributed by atoms with Crippen LogP contribution in [0.25, 0.3) is 0 Å². The van der Waals surface area contributed by atoms with Crippen LogP contribution in [0.4, 0.5) is 0 Å². The number of nitrogens with two attached hydrogens (primary N) is 1. The molecular formula is C15H23ClN2O2. The van der Waals surface area contributed by atoms with E-state index in [-0.39, 0.29) is 24.2 Å². The lowest BCUT2D eigenvalue weighted by molar-refractivity contribution is -0.140. The van der Waals surface area contributed by atoms with Crippen molar-refractivity contribution >= 4 is 18.3 Å². The van der Waals surface area contributed by atoms with Crippen LogP contribution in [0.1, 0.15) is 18.4 Å². The van der Waals surface area contributed by atoms with E-state index in [1.54, 1.807) is 0 Å². The first-order valence-electron chi connectivity index (χ1n) is 6.92. The van der Waals surface area contributed by atoms with E-state index in [1.807, 2.05) is 35.2 Å². The molecule has 1 aliphatic rings. The second kappa shape index (κ2) is 8.95. The van der Waals surface area contributed by atoms with Crippen LogP contribution in [0, 0.1) is 5.92 Å². The quantitative estimate of drug-likeness (QED) is 0.902. The van der Waals surface area contributed by atoms with Crippen molar-refractivity contribution in [3.05, 3.63) is 35.9 Å². The van der Waals surface area contributed by atoms with Gasteiger partial charge in [0, 0.05) is 26.2 Å². The van der Waals surface area contributed by atoms with Gasteiger partial charge in [-0.1, -0.05) is 30.3 Å². The molecule has 5 heteroatoms. The van der Waals surface area contributed by atoms with E-state index in [1.165, 1.54) is 0 Å². The Morgan fingerprint density at radius 1 is 1.35 bits per heavy atom. The number of carbonyl (C=O) groups is 1. The summed E-state index contributed by atoms with van der Waals surface area (Å²) >= 11 is 0. The molecule has 1 aromatic rings. The molecule has 0 aliphatic carbocycles. The molecule has 1 amide bonds. The van der Waals surface area contributed by atoms with E-state index >= 15 is 0 Å². The molecule has 0 saturated carbocycles. The molecule has 0 spiro atoms. The standard InChI is InChI=1S/C15H22N2O2.ClH/c16-8-9-17(11-13-5-2-1-3-6-13)15(18)14-7-4-10-19-12-14;/h1-3,5-6,14H,4,7-12,16H2;1H. The number of ether oxygens (including phenoxy) is 1. The third-order valence-corrected chi connectivity index (χ3v) is 3.44. The summed E-state index contributed by atoms with van der Waals surface area (Å²) < 4.78 is 5.40. The highest BCUT2D eigenvalue weighted by Gasteiger charge is 2.26. The summed E-state index contributed by atoms with van der Waals surface area (Å²) in [5, 5.41) is 0. The average Bonchev–Trinajstić information content (AvgIpc) is 2.48. The highest BCUT2D eigenvalue weighted by atomic mass is 35.5. The first-order valence-corrected chi connectivity index (χ1v) is 6.92. The molecule has 20 heavy (non-hydrogen) atoms. The Hall–Kier alpha value is -1.10. The van der Waals surface area contributed by atoms with Gasteiger partial charge in [0.15, 0.2) is 0 Å². The number of nitrogens with zero attached hydrogens (tertiary/aromatic N) is 1. The summed E-state index contributed by atoms with van der Waals surface area (Å²) in [6.07, 6.45) is 1.90. The summed E-state index contributed by atoms with van der Waals surface area (Å²) in [5.74, 6) is 0.179. The Kier molecular flexibility index (Phi) is 7.59. The fourth-order valence-corrected chi connectivity index (χ4v) is 2.42. The summed E-state index contributed by atoms with van der Waals surface area (Å²) in [7, 11) is 0. The molecule has 0 radical (unpaired) electrons. The number of hydrogen-bond acceptors (Lipinski definition) is 3. The molecule has 1 saturated heterocycles. The minimum atomic E-state index is 0. The van der Waals surface area contributed by atoms with Crippen LogP contribution in [0.15, 0.2) is 30.3 Å². The zero-order chi connectivity index (χ0) is 13.5. The molecule has 1 aromatic carbocycles. The lowest BCUT2D eigenvalue weighted by Crippen LogP contribution is -2.41. The monoisotopic (exact) mass is 298 g/mol. The van der Waals surface area contributed by atoms with Crippen molar-refractivity contribution in [3.8, 4) is 0 Å². The molecule has 1 heterocycles. The van der Waals surface area contributed by atoms with E-state index in [4.69, 9.17) is 10.5 Å². The number of halogens is 1. The molecule has 1 aliphatic heterocycles. The van der Waals surface area contributed by atoms with Gasteiger partial charge in [-0.2, -0.15) is 0 Å². The van der Waals surface area contributed by atoms with Crippen molar-refractivity contribution in [2.45, 2.75) is 19.4 Å². The number of carbonyl (C=O) groups excluding carboxylic acids is 1. The van der Waals surface area contributed by atoms with Crippen molar-refractivity contribution in [2.24, 2.45) is 11.7 Å². The molecule has 2 N–H and O–H groups in total. The average molecular weight is 299 g/mol. The Bertz CT molecular complexity index is 394. The number of rotatable bonds is 5. The summed E-state index contributed by atoms with van der Waals surface area (Å²) in [6, 6.07) is 10.0. The largest absolute Gasteiger partial charge is 0.381 e. The van der Waals surface area contributed by atoms with E-state index in [2.05, 4.69) is 0 Å². The van der Waals surface area contributed by atoms with Gasteiger partial charge in [-0.05, 0) is 18.4 Å². The third-order valence-electron chi connectivity index (χ3n) is 3.44. The van der Waals surface area contributed by atoms with Crippen molar-refractivity contribution < 1.29 is 9.53 Å². The number of hydrogen-bond donors (Lipinski definition) is 1. The maximum atomic E-state index is 12.5. The van der Waals surface area contributed by atoms with Crippen molar-refractivity contribution in [1.29, 1.82) is 0 Å². The molecular weight excluding hydrogens is 276 g/mol. The van der Waals surface area contributed by atoms with Crippen LogP contribution < -0.4 is 5.73 Å². The second-order valence-electron chi connectivity index (χ2n) is 4.95. The van der Waals surface area contributed by atoms with Crippen LogP contribution in [0.2, 0.25) is 0 Å². The Balaban J connectivity index is 0.00000200. The predicted molar refractivity (Wildman–Crippen MR) is 81.7 cm³/mol. The minimum Gasteiger partial charge on any atom is -0.381 e. The fraction of sp³-hybridized carbons (Fsp3) is 0.533. The van der Waals surface area contributed by atoms with Crippen LogP contribution in [0.3, 0.4) is 0 Å². The lowest BCUT2D eigenvalue weighted by Gasteiger charge is -2.29. The predicted octanol–water partition coefficient (Wildman–Crippen LogP) is 1.82. The molecule has 112 valence electrons. The zero-order valence-electron chi connectivity index (χ0n) is 11.7. The van der Waals surface area contributed by atoms with Gasteiger partial charge < -0.3 is 15.4 Å². The molecule has 1 unspecified atom stereocenters. The van der Waals surface area contributed by atoms with E-state index in [9.17, 15) is 4.79 Å². The van der Waals surface area contributed by atoms with Crippen LogP contribution in [-0.4, -0.2) is 37.1 Å². The number of benzene rings is 1. The highest BCUT2D eigenvalue weighted by Crippen LogP contribution is 2.17. The Morgan fingerprint density at radius 3 is 2.70 bits per heavy atom. The topological polar surface area (TPSA) is 55.6 Å². The van der Waals surface area contributed by atoms with Crippen molar-refractivity contribution in [1.82, 2.24) is 4.90 Å². The smallest absolute Gasteiger partial charge is 0.228 e. The van der Waals surface area contributed by atoms with Crippen LogP contribution in [0.5, 0.6) is 0 Å². The van der Waals surface area contributed by atoms with E-state index < -0.39 is 0 Å². The maximum Gasteiger partial charge on any atom is 0.228 e. The van der Waals surface area contributed by atoms with Gasteiger partial charge in [0.2, 0.25) is 5.91 Å².